The topological polar surface area (TPSA) is 50.8 Å². The third kappa shape index (κ3) is 2.68. The summed E-state index contributed by atoms with van der Waals surface area (Å²) in [6, 6.07) is -0.0353. The molecule has 1 N–H and O–H groups in total. The molecule has 0 aromatic rings. The van der Waals surface area contributed by atoms with Crippen LogP contribution in [0.2, 0.25) is 0 Å². The molecule has 5 nitrogen and oxygen atoms in total. The van der Waals surface area contributed by atoms with E-state index in [1.165, 1.54) is 0 Å². The number of carbonyl (C=O) groups excluding carboxylic acids is 1. The highest BCUT2D eigenvalue weighted by Gasteiger charge is 2.39. The molecule has 0 saturated carbocycles. The van der Waals surface area contributed by atoms with E-state index in [1.807, 2.05) is 4.90 Å². The lowest BCUT2D eigenvalue weighted by Crippen LogP contribution is -2.52. The number of carbonyl (C=O) groups is 1. The minimum atomic E-state index is -0.0353. The van der Waals surface area contributed by atoms with E-state index >= 15 is 0 Å². The van der Waals surface area contributed by atoms with Gasteiger partial charge in [0.15, 0.2) is 0 Å². The van der Waals surface area contributed by atoms with Gasteiger partial charge >= 0.3 is 0 Å². The number of likely N-dealkylation sites (tertiary alicyclic amines) is 1. The van der Waals surface area contributed by atoms with Crippen LogP contribution in [0.4, 0.5) is 0 Å². The van der Waals surface area contributed by atoms with E-state index < -0.39 is 0 Å². The molecular weight excluding hydrogens is 232 g/mol. The molecule has 4 unspecified atom stereocenters. The second-order valence-corrected chi connectivity index (χ2v) is 5.34. The molecule has 0 aromatic heterocycles. The summed E-state index contributed by atoms with van der Waals surface area (Å²) in [5.74, 6) is 0.609. The Labute approximate surface area is 109 Å². The van der Waals surface area contributed by atoms with Crippen molar-refractivity contribution in [3.05, 3.63) is 0 Å². The molecule has 104 valence electrons. The molecule has 2 aliphatic rings. The molecule has 2 rings (SSSR count). The summed E-state index contributed by atoms with van der Waals surface area (Å²) >= 11 is 0. The minimum absolute atomic E-state index is 0.00199. The van der Waals surface area contributed by atoms with Gasteiger partial charge in [-0.05, 0) is 25.3 Å². The normalized spacial score (nSPS) is 36.9. The number of piperidine rings is 1. The predicted molar refractivity (Wildman–Crippen MR) is 68.4 cm³/mol. The SMILES string of the molecule is COC1CN(C(=O)C2NCCCC2C)CC1OC. The number of nitrogens with zero attached hydrogens (tertiary/aromatic N) is 1. The van der Waals surface area contributed by atoms with Crippen molar-refractivity contribution >= 4 is 5.91 Å². The van der Waals surface area contributed by atoms with Crippen molar-refractivity contribution in [1.29, 1.82) is 0 Å². The van der Waals surface area contributed by atoms with Crippen molar-refractivity contribution in [1.82, 2.24) is 10.2 Å². The maximum Gasteiger partial charge on any atom is 0.240 e. The lowest BCUT2D eigenvalue weighted by Gasteiger charge is -2.32. The van der Waals surface area contributed by atoms with Crippen LogP contribution in [-0.2, 0) is 14.3 Å². The van der Waals surface area contributed by atoms with Crippen LogP contribution >= 0.6 is 0 Å². The van der Waals surface area contributed by atoms with Crippen LogP contribution in [0.15, 0.2) is 0 Å². The smallest absolute Gasteiger partial charge is 0.240 e. The zero-order chi connectivity index (χ0) is 13.1. The van der Waals surface area contributed by atoms with Crippen LogP contribution in [0.25, 0.3) is 0 Å². The summed E-state index contributed by atoms with van der Waals surface area (Å²) in [7, 11) is 3.35. The molecule has 0 aliphatic carbocycles. The molecule has 2 saturated heterocycles. The molecular formula is C13H24N2O3. The van der Waals surface area contributed by atoms with Crippen molar-refractivity contribution in [2.45, 2.75) is 38.0 Å². The van der Waals surface area contributed by atoms with Crippen molar-refractivity contribution in [3.8, 4) is 0 Å². The Morgan fingerprint density at radius 1 is 1.22 bits per heavy atom. The largest absolute Gasteiger partial charge is 0.377 e. The number of rotatable bonds is 3. The second-order valence-electron chi connectivity index (χ2n) is 5.34. The standard InChI is InChI=1S/C13H24N2O3/c1-9-5-4-6-14-12(9)13(16)15-7-10(17-2)11(8-15)18-3/h9-12,14H,4-8H2,1-3H3. The number of methoxy groups -OCH3 is 2. The molecule has 0 spiro atoms. The molecule has 0 radical (unpaired) electrons. The first-order chi connectivity index (χ1) is 8.67. The van der Waals surface area contributed by atoms with Crippen molar-refractivity contribution < 1.29 is 14.3 Å². The summed E-state index contributed by atoms with van der Waals surface area (Å²) in [5.41, 5.74) is 0. The zero-order valence-electron chi connectivity index (χ0n) is 11.5. The lowest BCUT2D eigenvalue weighted by molar-refractivity contribution is -0.134. The maximum absolute atomic E-state index is 12.5. The van der Waals surface area contributed by atoms with Gasteiger partial charge in [-0.1, -0.05) is 6.92 Å². The lowest BCUT2D eigenvalue weighted by atomic mass is 9.92. The Balaban J connectivity index is 1.97. The summed E-state index contributed by atoms with van der Waals surface area (Å²) in [6.07, 6.45) is 2.28. The molecule has 0 aromatic carbocycles. The van der Waals surface area contributed by atoms with Gasteiger partial charge in [-0.2, -0.15) is 0 Å². The molecule has 5 heteroatoms. The van der Waals surface area contributed by atoms with Gasteiger partial charge in [0.05, 0.1) is 6.04 Å². The van der Waals surface area contributed by atoms with Crippen LogP contribution in [0.5, 0.6) is 0 Å². The Hall–Kier alpha value is -0.650. The van der Waals surface area contributed by atoms with E-state index in [-0.39, 0.29) is 24.2 Å². The molecule has 0 bridgehead atoms. The van der Waals surface area contributed by atoms with Gasteiger partial charge in [0, 0.05) is 27.3 Å². The van der Waals surface area contributed by atoms with Crippen molar-refractivity contribution in [3.63, 3.8) is 0 Å². The van der Waals surface area contributed by atoms with Gasteiger partial charge in [0.25, 0.3) is 0 Å². The third-order valence-corrected chi connectivity index (χ3v) is 4.17. The van der Waals surface area contributed by atoms with Crippen LogP contribution in [-0.4, -0.2) is 62.9 Å². The van der Waals surface area contributed by atoms with E-state index in [0.29, 0.717) is 19.0 Å². The summed E-state index contributed by atoms with van der Waals surface area (Å²) < 4.78 is 10.7. The van der Waals surface area contributed by atoms with Gasteiger partial charge in [-0.15, -0.1) is 0 Å². The first-order valence-corrected chi connectivity index (χ1v) is 6.75. The Morgan fingerprint density at radius 3 is 2.33 bits per heavy atom. The van der Waals surface area contributed by atoms with Crippen LogP contribution in [0.3, 0.4) is 0 Å². The Kier molecular flexibility index (Phi) is 4.59. The Morgan fingerprint density at radius 2 is 1.83 bits per heavy atom. The average Bonchev–Trinajstić information content (AvgIpc) is 2.81. The van der Waals surface area contributed by atoms with E-state index in [2.05, 4.69) is 12.2 Å². The highest BCUT2D eigenvalue weighted by atomic mass is 16.5. The van der Waals surface area contributed by atoms with E-state index in [9.17, 15) is 4.79 Å². The summed E-state index contributed by atoms with van der Waals surface area (Å²) in [4.78, 5) is 14.4. The predicted octanol–water partition coefficient (Wildman–Crippen LogP) is 0.247. The highest BCUT2D eigenvalue weighted by molar-refractivity contribution is 5.82. The van der Waals surface area contributed by atoms with Crippen molar-refractivity contribution in [2.75, 3.05) is 33.9 Å². The van der Waals surface area contributed by atoms with E-state index in [0.717, 1.165) is 19.4 Å². The molecule has 2 heterocycles. The fourth-order valence-electron chi connectivity index (χ4n) is 2.95. The first kappa shape index (κ1) is 13.8. The summed E-state index contributed by atoms with van der Waals surface area (Å²) in [5, 5.41) is 3.34. The third-order valence-electron chi connectivity index (χ3n) is 4.17. The first-order valence-electron chi connectivity index (χ1n) is 6.75. The number of hydrogen-bond acceptors (Lipinski definition) is 4. The van der Waals surface area contributed by atoms with Gasteiger partial charge in [0.1, 0.15) is 12.2 Å². The van der Waals surface area contributed by atoms with Gasteiger partial charge in [0.2, 0.25) is 5.91 Å². The fourth-order valence-corrected chi connectivity index (χ4v) is 2.95. The molecule has 1 amide bonds. The average molecular weight is 256 g/mol. The van der Waals surface area contributed by atoms with E-state index in [4.69, 9.17) is 9.47 Å². The van der Waals surface area contributed by atoms with Crippen LogP contribution in [0.1, 0.15) is 19.8 Å². The maximum atomic E-state index is 12.5. The number of ether oxygens (including phenoxy) is 2. The molecule has 2 aliphatic heterocycles. The van der Waals surface area contributed by atoms with E-state index in [1.54, 1.807) is 14.2 Å². The zero-order valence-corrected chi connectivity index (χ0v) is 11.5. The van der Waals surface area contributed by atoms with Gasteiger partial charge < -0.3 is 19.7 Å². The molecule has 2 fully saturated rings. The molecule has 4 atom stereocenters. The monoisotopic (exact) mass is 256 g/mol. The van der Waals surface area contributed by atoms with Gasteiger partial charge in [-0.25, -0.2) is 0 Å². The Bertz CT molecular complexity index is 286. The summed E-state index contributed by atoms with van der Waals surface area (Å²) in [6.45, 7) is 4.36. The van der Waals surface area contributed by atoms with Crippen molar-refractivity contribution in [2.24, 2.45) is 5.92 Å². The molecule has 18 heavy (non-hydrogen) atoms. The highest BCUT2D eigenvalue weighted by Crippen LogP contribution is 2.21. The fraction of sp³-hybridized carbons (Fsp3) is 0.923. The second kappa shape index (κ2) is 5.99. The van der Waals surface area contributed by atoms with Crippen LogP contribution < -0.4 is 5.32 Å². The van der Waals surface area contributed by atoms with Gasteiger partial charge in [-0.3, -0.25) is 4.79 Å². The van der Waals surface area contributed by atoms with Crippen LogP contribution in [0, 0.1) is 5.92 Å². The quantitative estimate of drug-likeness (QED) is 0.786. The number of amides is 1. The number of nitrogens with one attached hydrogen (secondary N) is 1. The minimum Gasteiger partial charge on any atom is -0.377 e. The number of hydrogen-bond donors (Lipinski definition) is 1.